The molecule has 20 heavy (non-hydrogen) atoms. The minimum absolute atomic E-state index is 0.0662. The summed E-state index contributed by atoms with van der Waals surface area (Å²) in [5.74, 6) is 0.931. The number of amides is 2. The third-order valence-electron chi connectivity index (χ3n) is 3.42. The zero-order chi connectivity index (χ0) is 15.1. The molecule has 1 atom stereocenters. The first kappa shape index (κ1) is 16.7. The second-order valence-electron chi connectivity index (χ2n) is 4.88. The molecule has 0 radical (unpaired) electrons. The molecule has 1 aromatic rings. The van der Waals surface area contributed by atoms with Crippen molar-refractivity contribution in [2.75, 3.05) is 42.9 Å². The molecule has 0 aliphatic rings. The highest BCUT2D eigenvalue weighted by Gasteiger charge is 2.16. The molecule has 0 fully saturated rings. The largest absolute Gasteiger partial charge is 0.373 e. The normalized spacial score (nSPS) is 11.8. The summed E-state index contributed by atoms with van der Waals surface area (Å²) in [4.78, 5) is 16.1. The van der Waals surface area contributed by atoms with Crippen molar-refractivity contribution in [2.45, 2.75) is 19.9 Å². The van der Waals surface area contributed by atoms with Crippen LogP contribution in [0.25, 0.3) is 0 Å². The molecule has 0 aliphatic carbocycles. The van der Waals surface area contributed by atoms with Crippen LogP contribution in [0.15, 0.2) is 24.3 Å². The van der Waals surface area contributed by atoms with Crippen LogP contribution in [0.4, 0.5) is 16.2 Å². The summed E-state index contributed by atoms with van der Waals surface area (Å²) < 4.78 is 0. The predicted molar refractivity (Wildman–Crippen MR) is 90.0 cm³/mol. The van der Waals surface area contributed by atoms with Crippen molar-refractivity contribution in [3.05, 3.63) is 24.3 Å². The number of hydrogen-bond donors (Lipinski definition) is 1. The lowest BCUT2D eigenvalue weighted by Crippen LogP contribution is -2.39. The number of carbonyl (C=O) groups is 1. The maximum atomic E-state index is 12.3. The fourth-order valence-electron chi connectivity index (χ4n) is 1.84. The molecule has 0 unspecified atom stereocenters. The summed E-state index contributed by atoms with van der Waals surface area (Å²) in [6.45, 7) is 5.04. The minimum atomic E-state index is -0.0662. The van der Waals surface area contributed by atoms with Crippen LogP contribution in [-0.4, -0.2) is 49.6 Å². The number of para-hydroxylation sites is 2. The van der Waals surface area contributed by atoms with Crippen LogP contribution in [0.5, 0.6) is 0 Å². The van der Waals surface area contributed by atoms with E-state index in [-0.39, 0.29) is 12.1 Å². The summed E-state index contributed by atoms with van der Waals surface area (Å²) in [5, 5.41) is 3.00. The van der Waals surface area contributed by atoms with Gasteiger partial charge in [0.05, 0.1) is 11.4 Å². The van der Waals surface area contributed by atoms with E-state index >= 15 is 0 Å². The van der Waals surface area contributed by atoms with E-state index in [9.17, 15) is 4.79 Å². The zero-order valence-corrected chi connectivity index (χ0v) is 13.8. The molecule has 0 saturated carbocycles. The Morgan fingerprint density at radius 3 is 2.60 bits per heavy atom. The Labute approximate surface area is 126 Å². The van der Waals surface area contributed by atoms with Gasteiger partial charge in [-0.25, -0.2) is 4.79 Å². The standard InChI is InChI=1S/C15H25N3OS/c1-6-17(3)14-10-8-7-9-13(14)16-15(19)18(4)12(2)11-20-5/h7-10,12H,6,11H2,1-5H3,(H,16,19)/t12-/m1/s1. The van der Waals surface area contributed by atoms with Crippen LogP contribution in [0.1, 0.15) is 13.8 Å². The Hall–Kier alpha value is -1.36. The van der Waals surface area contributed by atoms with E-state index in [1.807, 2.05) is 44.6 Å². The van der Waals surface area contributed by atoms with E-state index in [2.05, 4.69) is 24.1 Å². The Bertz CT molecular complexity index is 439. The highest BCUT2D eigenvalue weighted by molar-refractivity contribution is 7.98. The summed E-state index contributed by atoms with van der Waals surface area (Å²) in [7, 11) is 3.85. The quantitative estimate of drug-likeness (QED) is 0.874. The second-order valence-corrected chi connectivity index (χ2v) is 5.79. The highest BCUT2D eigenvalue weighted by Crippen LogP contribution is 2.24. The Morgan fingerprint density at radius 2 is 2.00 bits per heavy atom. The fraction of sp³-hybridized carbons (Fsp3) is 0.533. The van der Waals surface area contributed by atoms with Crippen molar-refractivity contribution < 1.29 is 4.79 Å². The van der Waals surface area contributed by atoms with Crippen molar-refractivity contribution in [3.63, 3.8) is 0 Å². The van der Waals surface area contributed by atoms with E-state index in [1.54, 1.807) is 16.7 Å². The molecule has 1 aromatic carbocycles. The van der Waals surface area contributed by atoms with Crippen LogP contribution in [0.2, 0.25) is 0 Å². The molecule has 5 heteroatoms. The number of nitrogens with one attached hydrogen (secondary N) is 1. The Balaban J connectivity index is 2.80. The lowest BCUT2D eigenvalue weighted by atomic mass is 10.2. The van der Waals surface area contributed by atoms with Gasteiger partial charge in [0.1, 0.15) is 0 Å². The third-order valence-corrected chi connectivity index (χ3v) is 4.24. The monoisotopic (exact) mass is 295 g/mol. The van der Waals surface area contributed by atoms with Gasteiger partial charge in [-0.2, -0.15) is 11.8 Å². The number of hydrogen-bond acceptors (Lipinski definition) is 3. The third kappa shape index (κ3) is 4.34. The molecule has 0 heterocycles. The fourth-order valence-corrected chi connectivity index (χ4v) is 2.55. The van der Waals surface area contributed by atoms with Crippen molar-refractivity contribution in [3.8, 4) is 0 Å². The molecular formula is C15H25N3OS. The van der Waals surface area contributed by atoms with E-state index in [4.69, 9.17) is 0 Å². The zero-order valence-electron chi connectivity index (χ0n) is 13.0. The van der Waals surface area contributed by atoms with Gasteiger partial charge >= 0.3 is 6.03 Å². The van der Waals surface area contributed by atoms with Gasteiger partial charge in [-0.05, 0) is 32.2 Å². The van der Waals surface area contributed by atoms with Crippen molar-refractivity contribution in [1.82, 2.24) is 4.90 Å². The summed E-state index contributed by atoms with van der Waals surface area (Å²) in [5.41, 5.74) is 1.89. The smallest absolute Gasteiger partial charge is 0.321 e. The van der Waals surface area contributed by atoms with Gasteiger partial charge in [-0.1, -0.05) is 12.1 Å². The lowest BCUT2D eigenvalue weighted by molar-refractivity contribution is 0.212. The SMILES string of the molecule is CCN(C)c1ccccc1NC(=O)N(C)[C@H](C)CSC. The van der Waals surface area contributed by atoms with Crippen LogP contribution in [0.3, 0.4) is 0 Å². The van der Waals surface area contributed by atoms with E-state index in [1.165, 1.54) is 0 Å². The van der Waals surface area contributed by atoms with Crippen LogP contribution < -0.4 is 10.2 Å². The number of benzene rings is 1. The first-order valence-electron chi connectivity index (χ1n) is 6.84. The van der Waals surface area contributed by atoms with Crippen LogP contribution in [-0.2, 0) is 0 Å². The van der Waals surface area contributed by atoms with Gasteiger partial charge in [0.25, 0.3) is 0 Å². The number of nitrogens with zero attached hydrogens (tertiary/aromatic N) is 2. The maximum absolute atomic E-state index is 12.3. The van der Waals surface area contributed by atoms with E-state index in [0.29, 0.717) is 0 Å². The van der Waals surface area contributed by atoms with Gasteiger partial charge in [0.2, 0.25) is 0 Å². The minimum Gasteiger partial charge on any atom is -0.373 e. The van der Waals surface area contributed by atoms with Crippen LogP contribution in [0, 0.1) is 0 Å². The van der Waals surface area contributed by atoms with Gasteiger partial charge in [0, 0.05) is 32.4 Å². The first-order valence-corrected chi connectivity index (χ1v) is 8.23. The number of anilines is 2. The van der Waals surface area contributed by atoms with Gasteiger partial charge in [0.15, 0.2) is 0 Å². The average molecular weight is 295 g/mol. The molecule has 0 aromatic heterocycles. The number of urea groups is 1. The van der Waals surface area contributed by atoms with Gasteiger partial charge < -0.3 is 15.1 Å². The van der Waals surface area contributed by atoms with E-state index in [0.717, 1.165) is 23.7 Å². The summed E-state index contributed by atoms with van der Waals surface area (Å²) in [6.07, 6.45) is 2.05. The molecule has 1 N–H and O–H groups in total. The first-order chi connectivity index (χ1) is 9.51. The van der Waals surface area contributed by atoms with E-state index < -0.39 is 0 Å². The molecule has 112 valence electrons. The topological polar surface area (TPSA) is 35.6 Å². The van der Waals surface area contributed by atoms with Crippen LogP contribution >= 0.6 is 11.8 Å². The van der Waals surface area contributed by atoms with Crippen molar-refractivity contribution in [2.24, 2.45) is 0 Å². The molecule has 0 bridgehead atoms. The molecule has 2 amide bonds. The molecule has 0 saturated heterocycles. The van der Waals surface area contributed by atoms with Crippen molar-refractivity contribution >= 4 is 29.2 Å². The van der Waals surface area contributed by atoms with Crippen molar-refractivity contribution in [1.29, 1.82) is 0 Å². The molecule has 0 aliphatic heterocycles. The predicted octanol–water partition coefficient (Wildman–Crippen LogP) is 3.36. The molecular weight excluding hydrogens is 270 g/mol. The molecule has 0 spiro atoms. The average Bonchev–Trinajstić information content (AvgIpc) is 2.46. The second kappa shape index (κ2) is 8.04. The molecule has 1 rings (SSSR count). The number of rotatable bonds is 6. The summed E-state index contributed by atoms with van der Waals surface area (Å²) in [6, 6.07) is 8.02. The number of carbonyl (C=O) groups excluding carboxylic acids is 1. The summed E-state index contributed by atoms with van der Waals surface area (Å²) >= 11 is 1.74. The Kier molecular flexibility index (Phi) is 6.71. The van der Waals surface area contributed by atoms with Gasteiger partial charge in [-0.15, -0.1) is 0 Å². The lowest BCUT2D eigenvalue weighted by Gasteiger charge is -2.26. The molecule has 4 nitrogen and oxygen atoms in total. The number of thioether (sulfide) groups is 1. The van der Waals surface area contributed by atoms with Gasteiger partial charge in [-0.3, -0.25) is 0 Å². The maximum Gasteiger partial charge on any atom is 0.321 e. The highest BCUT2D eigenvalue weighted by atomic mass is 32.2. The Morgan fingerprint density at radius 1 is 1.35 bits per heavy atom.